The summed E-state index contributed by atoms with van der Waals surface area (Å²) in [5, 5.41) is 10.3. The van der Waals surface area contributed by atoms with Crippen molar-refractivity contribution in [3.05, 3.63) is 23.8 Å². The van der Waals surface area contributed by atoms with Gasteiger partial charge in [-0.25, -0.2) is 0 Å². The number of carbonyl (C=O) groups excluding carboxylic acids is 1. The number of carbonyl (C=O) groups is 1. The minimum Gasteiger partial charge on any atom is -0.497 e. The van der Waals surface area contributed by atoms with Gasteiger partial charge in [0, 0.05) is 25.3 Å². The molecule has 138 valence electrons. The highest BCUT2D eigenvalue weighted by atomic mass is 16.5. The Hall–Kier alpha value is -1.79. The summed E-state index contributed by atoms with van der Waals surface area (Å²) in [6, 6.07) is 5.48. The molecule has 0 bridgehead atoms. The maximum Gasteiger partial charge on any atom is 0.227 e. The van der Waals surface area contributed by atoms with Crippen LogP contribution in [0.4, 0.5) is 0 Å². The fourth-order valence-electron chi connectivity index (χ4n) is 3.82. The highest BCUT2D eigenvalue weighted by molar-refractivity contribution is 5.79. The molecule has 0 unspecified atom stereocenters. The second-order valence-corrected chi connectivity index (χ2v) is 6.81. The van der Waals surface area contributed by atoms with Gasteiger partial charge >= 0.3 is 0 Å². The molecule has 2 heterocycles. The summed E-state index contributed by atoms with van der Waals surface area (Å²) in [4.78, 5) is 14.6. The number of hydrogen-bond acceptors (Lipinski definition) is 5. The minimum absolute atomic E-state index is 0.0618. The summed E-state index contributed by atoms with van der Waals surface area (Å²) in [7, 11) is 3.20. The summed E-state index contributed by atoms with van der Waals surface area (Å²) in [5.41, 5.74) is 0.365. The van der Waals surface area contributed by atoms with E-state index in [4.69, 9.17) is 14.2 Å². The van der Waals surface area contributed by atoms with Crippen molar-refractivity contribution in [2.45, 2.75) is 43.8 Å². The number of aliphatic hydroxyl groups is 1. The van der Waals surface area contributed by atoms with E-state index < -0.39 is 11.7 Å². The Morgan fingerprint density at radius 3 is 2.72 bits per heavy atom. The minimum atomic E-state index is -0.456. The molecule has 6 heteroatoms. The van der Waals surface area contributed by atoms with Crippen LogP contribution in [0.5, 0.6) is 11.5 Å². The lowest BCUT2D eigenvalue weighted by molar-refractivity contribution is -0.179. The van der Waals surface area contributed by atoms with Gasteiger partial charge in [0.25, 0.3) is 0 Å². The zero-order valence-electron chi connectivity index (χ0n) is 15.0. The van der Waals surface area contributed by atoms with Gasteiger partial charge in [-0.3, -0.25) is 4.79 Å². The van der Waals surface area contributed by atoms with E-state index in [9.17, 15) is 9.90 Å². The first-order valence-electron chi connectivity index (χ1n) is 8.89. The van der Waals surface area contributed by atoms with Gasteiger partial charge in [0.15, 0.2) is 0 Å². The molecular formula is C19H27NO5. The number of likely N-dealkylation sites (tertiary alicyclic amines) is 1. The van der Waals surface area contributed by atoms with Crippen LogP contribution in [-0.2, 0) is 16.0 Å². The summed E-state index contributed by atoms with van der Waals surface area (Å²) >= 11 is 0. The monoisotopic (exact) mass is 349 g/mol. The molecule has 0 aromatic heterocycles. The molecular weight excluding hydrogens is 322 g/mol. The zero-order valence-corrected chi connectivity index (χ0v) is 15.0. The Balaban J connectivity index is 1.63. The smallest absolute Gasteiger partial charge is 0.227 e. The van der Waals surface area contributed by atoms with Gasteiger partial charge in [-0.1, -0.05) is 0 Å². The quantitative estimate of drug-likeness (QED) is 0.897. The number of methoxy groups -OCH3 is 2. The van der Waals surface area contributed by atoms with Crippen molar-refractivity contribution in [1.82, 2.24) is 4.90 Å². The normalized spacial score (nSPS) is 22.7. The molecule has 2 fully saturated rings. The summed E-state index contributed by atoms with van der Waals surface area (Å²) in [6.45, 7) is 1.93. The standard InChI is InChI=1S/C19H27NO5/c1-23-15-5-6-16(24-2)14(12-15)13-18(22)20-9-7-19(8-10-20)17(21)4-3-11-25-19/h5-6,12,17,21H,3-4,7-11,13H2,1-2H3/t17-/m1/s1. The third kappa shape index (κ3) is 3.75. The van der Waals surface area contributed by atoms with Crippen LogP contribution in [0.3, 0.4) is 0 Å². The van der Waals surface area contributed by atoms with Gasteiger partial charge in [-0.15, -0.1) is 0 Å². The number of benzene rings is 1. The first kappa shape index (κ1) is 18.0. The van der Waals surface area contributed by atoms with Gasteiger partial charge in [-0.05, 0) is 43.9 Å². The van der Waals surface area contributed by atoms with Crippen molar-refractivity contribution in [3.8, 4) is 11.5 Å². The SMILES string of the molecule is COc1ccc(OC)c(CC(=O)N2CCC3(CC2)OCCC[C@H]3O)c1. The van der Waals surface area contributed by atoms with Crippen LogP contribution >= 0.6 is 0 Å². The average Bonchev–Trinajstić information content (AvgIpc) is 2.64. The Bertz CT molecular complexity index is 610. The van der Waals surface area contributed by atoms with Crippen molar-refractivity contribution in [2.24, 2.45) is 0 Å². The third-order valence-corrected chi connectivity index (χ3v) is 5.41. The molecule has 2 aliphatic rings. The lowest BCUT2D eigenvalue weighted by Gasteiger charge is -2.46. The van der Waals surface area contributed by atoms with E-state index in [1.165, 1.54) is 0 Å². The molecule has 0 radical (unpaired) electrons. The molecule has 6 nitrogen and oxygen atoms in total. The van der Waals surface area contributed by atoms with E-state index in [0.29, 0.717) is 44.0 Å². The molecule has 1 spiro atoms. The van der Waals surface area contributed by atoms with E-state index in [1.807, 2.05) is 23.1 Å². The fourth-order valence-corrected chi connectivity index (χ4v) is 3.82. The van der Waals surface area contributed by atoms with Gasteiger partial charge in [0.05, 0.1) is 32.3 Å². The van der Waals surface area contributed by atoms with Crippen LogP contribution in [0.15, 0.2) is 18.2 Å². The molecule has 1 atom stereocenters. The topological polar surface area (TPSA) is 68.2 Å². The highest BCUT2D eigenvalue weighted by Crippen LogP contribution is 2.35. The molecule has 1 N–H and O–H groups in total. The van der Waals surface area contributed by atoms with Crippen LogP contribution in [0.2, 0.25) is 0 Å². The summed E-state index contributed by atoms with van der Waals surface area (Å²) < 4.78 is 16.5. The number of hydrogen-bond donors (Lipinski definition) is 1. The lowest BCUT2D eigenvalue weighted by atomic mass is 9.82. The molecule has 1 amide bonds. The number of nitrogens with zero attached hydrogens (tertiary/aromatic N) is 1. The maximum atomic E-state index is 12.7. The van der Waals surface area contributed by atoms with E-state index in [-0.39, 0.29) is 12.3 Å². The van der Waals surface area contributed by atoms with Crippen molar-refractivity contribution >= 4 is 5.91 Å². The van der Waals surface area contributed by atoms with Crippen molar-refractivity contribution in [2.75, 3.05) is 33.9 Å². The van der Waals surface area contributed by atoms with Crippen LogP contribution in [0, 0.1) is 0 Å². The van der Waals surface area contributed by atoms with E-state index >= 15 is 0 Å². The zero-order chi connectivity index (χ0) is 17.9. The number of piperidine rings is 1. The first-order valence-corrected chi connectivity index (χ1v) is 8.89. The van der Waals surface area contributed by atoms with Gasteiger partial charge in [-0.2, -0.15) is 0 Å². The number of amides is 1. The fraction of sp³-hybridized carbons (Fsp3) is 0.632. The Morgan fingerprint density at radius 2 is 2.08 bits per heavy atom. The predicted molar refractivity (Wildman–Crippen MR) is 93.0 cm³/mol. The second-order valence-electron chi connectivity index (χ2n) is 6.81. The Labute approximate surface area is 148 Å². The maximum absolute atomic E-state index is 12.7. The second kappa shape index (κ2) is 7.62. The predicted octanol–water partition coefficient (Wildman–Crippen LogP) is 1.78. The van der Waals surface area contributed by atoms with Gasteiger partial charge in [0.1, 0.15) is 11.5 Å². The molecule has 2 saturated heterocycles. The number of ether oxygens (including phenoxy) is 3. The van der Waals surface area contributed by atoms with E-state index in [0.717, 1.165) is 18.4 Å². The van der Waals surface area contributed by atoms with Crippen molar-refractivity contribution in [1.29, 1.82) is 0 Å². The van der Waals surface area contributed by atoms with Crippen LogP contribution in [-0.4, -0.2) is 61.5 Å². The first-order chi connectivity index (χ1) is 12.1. The molecule has 3 rings (SSSR count). The molecule has 1 aromatic rings. The number of aliphatic hydroxyl groups excluding tert-OH is 1. The average molecular weight is 349 g/mol. The van der Waals surface area contributed by atoms with Crippen molar-refractivity contribution in [3.63, 3.8) is 0 Å². The van der Waals surface area contributed by atoms with E-state index in [2.05, 4.69) is 0 Å². The molecule has 25 heavy (non-hydrogen) atoms. The highest BCUT2D eigenvalue weighted by Gasteiger charge is 2.44. The summed E-state index contributed by atoms with van der Waals surface area (Å²) in [5.74, 6) is 1.46. The van der Waals surface area contributed by atoms with Crippen LogP contribution in [0.1, 0.15) is 31.2 Å². The largest absolute Gasteiger partial charge is 0.497 e. The van der Waals surface area contributed by atoms with Gasteiger partial charge < -0.3 is 24.2 Å². The Kier molecular flexibility index (Phi) is 5.49. The van der Waals surface area contributed by atoms with Gasteiger partial charge in [0.2, 0.25) is 5.91 Å². The summed E-state index contributed by atoms with van der Waals surface area (Å²) in [6.07, 6.45) is 2.93. The van der Waals surface area contributed by atoms with E-state index in [1.54, 1.807) is 14.2 Å². The lowest BCUT2D eigenvalue weighted by Crippen LogP contribution is -2.56. The van der Waals surface area contributed by atoms with Crippen molar-refractivity contribution < 1.29 is 24.1 Å². The van der Waals surface area contributed by atoms with Crippen LogP contribution in [0.25, 0.3) is 0 Å². The molecule has 0 saturated carbocycles. The number of rotatable bonds is 4. The molecule has 1 aromatic carbocycles. The molecule has 0 aliphatic carbocycles. The molecule has 2 aliphatic heterocycles. The van der Waals surface area contributed by atoms with Crippen LogP contribution < -0.4 is 9.47 Å². The Morgan fingerprint density at radius 1 is 1.32 bits per heavy atom. The third-order valence-electron chi connectivity index (χ3n) is 5.41.